The SMILES string of the molecule is CCn1ncc(N2CCC(OC)CC2CN)c(Cl)c1=O. The molecule has 20 heavy (non-hydrogen) atoms. The lowest BCUT2D eigenvalue weighted by atomic mass is 9.99. The summed E-state index contributed by atoms with van der Waals surface area (Å²) < 4.78 is 6.75. The van der Waals surface area contributed by atoms with E-state index in [2.05, 4.69) is 10.00 Å². The Labute approximate surface area is 123 Å². The highest BCUT2D eigenvalue weighted by Gasteiger charge is 2.29. The quantitative estimate of drug-likeness (QED) is 0.893. The predicted octanol–water partition coefficient (Wildman–Crippen LogP) is 0.859. The van der Waals surface area contributed by atoms with Crippen LogP contribution < -0.4 is 16.2 Å². The van der Waals surface area contributed by atoms with Crippen LogP contribution in [0.5, 0.6) is 0 Å². The number of anilines is 1. The summed E-state index contributed by atoms with van der Waals surface area (Å²) in [4.78, 5) is 14.1. The van der Waals surface area contributed by atoms with Crippen molar-refractivity contribution in [3.63, 3.8) is 0 Å². The molecule has 6 nitrogen and oxygen atoms in total. The number of piperidine rings is 1. The molecule has 2 atom stereocenters. The zero-order chi connectivity index (χ0) is 14.7. The number of nitrogens with zero attached hydrogens (tertiary/aromatic N) is 3. The van der Waals surface area contributed by atoms with E-state index < -0.39 is 0 Å². The van der Waals surface area contributed by atoms with Crippen LogP contribution in [0.2, 0.25) is 5.02 Å². The van der Waals surface area contributed by atoms with E-state index in [1.807, 2.05) is 6.92 Å². The van der Waals surface area contributed by atoms with E-state index in [-0.39, 0.29) is 22.7 Å². The lowest BCUT2D eigenvalue weighted by molar-refractivity contribution is 0.0709. The van der Waals surface area contributed by atoms with Crippen molar-refractivity contribution in [2.24, 2.45) is 5.73 Å². The molecule has 1 aliphatic rings. The molecule has 0 radical (unpaired) electrons. The molecule has 0 amide bonds. The maximum Gasteiger partial charge on any atom is 0.287 e. The molecule has 0 spiro atoms. The molecule has 2 N–H and O–H groups in total. The van der Waals surface area contributed by atoms with Gasteiger partial charge in [-0.2, -0.15) is 5.10 Å². The smallest absolute Gasteiger partial charge is 0.287 e. The number of aryl methyl sites for hydroxylation is 1. The van der Waals surface area contributed by atoms with E-state index in [9.17, 15) is 4.79 Å². The number of aromatic nitrogens is 2. The summed E-state index contributed by atoms with van der Waals surface area (Å²) in [5.74, 6) is 0. The Morgan fingerprint density at radius 2 is 2.35 bits per heavy atom. The first-order valence-corrected chi connectivity index (χ1v) is 7.25. The summed E-state index contributed by atoms with van der Waals surface area (Å²) in [6.07, 6.45) is 3.59. The second-order valence-electron chi connectivity index (χ2n) is 4.93. The first-order valence-electron chi connectivity index (χ1n) is 6.87. The fourth-order valence-electron chi connectivity index (χ4n) is 2.65. The molecule has 2 rings (SSSR count). The van der Waals surface area contributed by atoms with Gasteiger partial charge in [0.1, 0.15) is 5.02 Å². The van der Waals surface area contributed by atoms with Crippen LogP contribution in [-0.2, 0) is 11.3 Å². The molecule has 0 aromatic carbocycles. The molecular weight excluding hydrogens is 280 g/mol. The van der Waals surface area contributed by atoms with E-state index in [0.717, 1.165) is 19.4 Å². The predicted molar refractivity (Wildman–Crippen MR) is 79.4 cm³/mol. The number of hydrogen-bond acceptors (Lipinski definition) is 5. The monoisotopic (exact) mass is 300 g/mol. The summed E-state index contributed by atoms with van der Waals surface area (Å²) in [7, 11) is 1.71. The Bertz CT molecular complexity index is 520. The molecule has 1 aromatic rings. The lowest BCUT2D eigenvalue weighted by Crippen LogP contribution is -2.49. The van der Waals surface area contributed by atoms with Crippen molar-refractivity contribution in [2.45, 2.75) is 38.5 Å². The largest absolute Gasteiger partial charge is 0.381 e. The van der Waals surface area contributed by atoms with Crippen LogP contribution in [0, 0.1) is 0 Å². The second-order valence-corrected chi connectivity index (χ2v) is 5.31. The number of methoxy groups -OCH3 is 1. The van der Waals surface area contributed by atoms with Crippen LogP contribution in [-0.4, -0.2) is 42.1 Å². The van der Waals surface area contributed by atoms with Crippen LogP contribution in [0.3, 0.4) is 0 Å². The first kappa shape index (κ1) is 15.3. The van der Waals surface area contributed by atoms with E-state index in [1.54, 1.807) is 13.3 Å². The van der Waals surface area contributed by atoms with Crippen molar-refractivity contribution in [3.8, 4) is 0 Å². The van der Waals surface area contributed by atoms with Crippen LogP contribution in [0.4, 0.5) is 5.69 Å². The van der Waals surface area contributed by atoms with Gasteiger partial charge in [-0.3, -0.25) is 4.79 Å². The second kappa shape index (κ2) is 6.56. The Morgan fingerprint density at radius 3 is 2.95 bits per heavy atom. The van der Waals surface area contributed by atoms with Crippen molar-refractivity contribution in [3.05, 3.63) is 21.6 Å². The number of hydrogen-bond donors (Lipinski definition) is 1. The van der Waals surface area contributed by atoms with Gasteiger partial charge in [0.05, 0.1) is 18.0 Å². The topological polar surface area (TPSA) is 73.4 Å². The van der Waals surface area contributed by atoms with Crippen molar-refractivity contribution < 1.29 is 4.74 Å². The number of nitrogens with two attached hydrogens (primary N) is 1. The van der Waals surface area contributed by atoms with Gasteiger partial charge in [-0.15, -0.1) is 0 Å². The van der Waals surface area contributed by atoms with Gasteiger partial charge in [0.25, 0.3) is 5.56 Å². The molecule has 1 aliphatic heterocycles. The summed E-state index contributed by atoms with van der Waals surface area (Å²) in [5, 5.41) is 4.37. The summed E-state index contributed by atoms with van der Waals surface area (Å²) in [6.45, 7) is 3.62. The highest BCUT2D eigenvalue weighted by atomic mass is 35.5. The molecule has 1 aromatic heterocycles. The van der Waals surface area contributed by atoms with E-state index in [1.165, 1.54) is 4.68 Å². The Balaban J connectivity index is 2.31. The molecule has 1 fully saturated rings. The third-order valence-corrected chi connectivity index (χ3v) is 4.20. The third kappa shape index (κ3) is 2.82. The van der Waals surface area contributed by atoms with Gasteiger partial charge >= 0.3 is 0 Å². The number of halogens is 1. The minimum absolute atomic E-state index is 0.116. The molecule has 1 saturated heterocycles. The van der Waals surface area contributed by atoms with Crippen molar-refractivity contribution >= 4 is 17.3 Å². The van der Waals surface area contributed by atoms with Gasteiger partial charge < -0.3 is 15.4 Å². The van der Waals surface area contributed by atoms with Gasteiger partial charge in [0, 0.05) is 32.8 Å². The summed E-state index contributed by atoms with van der Waals surface area (Å²) in [6, 6.07) is 0.116. The Morgan fingerprint density at radius 1 is 1.60 bits per heavy atom. The summed E-state index contributed by atoms with van der Waals surface area (Å²) >= 11 is 6.22. The zero-order valence-corrected chi connectivity index (χ0v) is 12.6. The van der Waals surface area contributed by atoms with Crippen molar-refractivity contribution in [1.29, 1.82) is 0 Å². The van der Waals surface area contributed by atoms with Gasteiger partial charge in [-0.05, 0) is 19.8 Å². The minimum Gasteiger partial charge on any atom is -0.381 e. The standard InChI is InChI=1S/C13H21ClN4O2/c1-3-18-13(19)12(14)11(8-16-18)17-5-4-10(20-2)6-9(17)7-15/h8-10H,3-7,15H2,1-2H3. The molecule has 2 heterocycles. The molecule has 7 heteroatoms. The van der Waals surface area contributed by atoms with E-state index >= 15 is 0 Å². The molecule has 2 unspecified atom stereocenters. The molecule has 0 aliphatic carbocycles. The van der Waals surface area contributed by atoms with Crippen molar-refractivity contribution in [1.82, 2.24) is 9.78 Å². The normalized spacial score (nSPS) is 23.1. The molecule has 112 valence electrons. The van der Waals surface area contributed by atoms with Gasteiger partial charge in [0.15, 0.2) is 0 Å². The number of ether oxygens (including phenoxy) is 1. The minimum atomic E-state index is -0.253. The highest BCUT2D eigenvalue weighted by molar-refractivity contribution is 6.33. The maximum absolute atomic E-state index is 12.1. The van der Waals surface area contributed by atoms with Crippen LogP contribution in [0.1, 0.15) is 19.8 Å². The average Bonchev–Trinajstić information content (AvgIpc) is 2.49. The Kier molecular flexibility index (Phi) is 5.01. The molecule has 0 bridgehead atoms. The Hall–Kier alpha value is -1.11. The fraction of sp³-hybridized carbons (Fsp3) is 0.692. The van der Waals surface area contributed by atoms with Crippen LogP contribution >= 0.6 is 11.6 Å². The molecule has 0 saturated carbocycles. The van der Waals surface area contributed by atoms with E-state index in [0.29, 0.717) is 18.8 Å². The van der Waals surface area contributed by atoms with Crippen LogP contribution in [0.25, 0.3) is 0 Å². The average molecular weight is 301 g/mol. The molecular formula is C13H21ClN4O2. The number of rotatable bonds is 4. The van der Waals surface area contributed by atoms with Gasteiger partial charge in [-0.1, -0.05) is 11.6 Å². The highest BCUT2D eigenvalue weighted by Crippen LogP contribution is 2.28. The fourth-order valence-corrected chi connectivity index (χ4v) is 2.91. The zero-order valence-electron chi connectivity index (χ0n) is 11.9. The van der Waals surface area contributed by atoms with Gasteiger partial charge in [-0.25, -0.2) is 4.68 Å². The first-order chi connectivity index (χ1) is 9.62. The van der Waals surface area contributed by atoms with Crippen molar-refractivity contribution in [2.75, 3.05) is 25.1 Å². The van der Waals surface area contributed by atoms with Crippen LogP contribution in [0.15, 0.2) is 11.0 Å². The van der Waals surface area contributed by atoms with Gasteiger partial charge in [0.2, 0.25) is 0 Å². The van der Waals surface area contributed by atoms with E-state index in [4.69, 9.17) is 22.1 Å². The maximum atomic E-state index is 12.1. The third-order valence-electron chi connectivity index (χ3n) is 3.85. The summed E-state index contributed by atoms with van der Waals surface area (Å²) in [5.41, 5.74) is 6.27. The lowest BCUT2D eigenvalue weighted by Gasteiger charge is -2.40.